The number of nitrogens with zero attached hydrogens (tertiary/aromatic N) is 2. The molecule has 1 atom stereocenters. The number of thioether (sulfide) groups is 1. The summed E-state index contributed by atoms with van der Waals surface area (Å²) in [6.07, 6.45) is 1.55. The number of para-hydroxylation sites is 2. The summed E-state index contributed by atoms with van der Waals surface area (Å²) in [7, 11) is 0. The zero-order valence-electron chi connectivity index (χ0n) is 14.8. The molecule has 27 heavy (non-hydrogen) atoms. The van der Waals surface area contributed by atoms with E-state index in [4.69, 9.17) is 0 Å². The third kappa shape index (κ3) is 5.07. The maximum absolute atomic E-state index is 12.2. The molecule has 8 heteroatoms. The highest BCUT2D eigenvalue weighted by atomic mass is 32.2. The van der Waals surface area contributed by atoms with Crippen molar-refractivity contribution in [2.45, 2.75) is 29.9 Å². The van der Waals surface area contributed by atoms with Crippen molar-refractivity contribution in [3.8, 4) is 0 Å². The molecular weight excluding hydrogens is 364 g/mol. The average molecular weight is 384 g/mol. The highest BCUT2D eigenvalue weighted by Crippen LogP contribution is 2.25. The van der Waals surface area contributed by atoms with Crippen LogP contribution in [0, 0.1) is 10.1 Å². The molecule has 3 aromatic rings. The SMILES string of the molecule is CC(Sc1ccc([N+](=O)[O-])cc1)C(=O)NCCCc1nc2ccccc2[nH]1. The number of nitrogens with one attached hydrogen (secondary N) is 2. The van der Waals surface area contributed by atoms with Gasteiger partial charge in [0, 0.05) is 30.0 Å². The Hall–Kier alpha value is -2.87. The fourth-order valence-corrected chi connectivity index (χ4v) is 3.53. The lowest BCUT2D eigenvalue weighted by Crippen LogP contribution is -2.31. The second kappa shape index (κ2) is 8.68. The molecular formula is C19H20N4O3S. The third-order valence-corrected chi connectivity index (χ3v) is 5.17. The van der Waals surface area contributed by atoms with Crippen LogP contribution in [0.5, 0.6) is 0 Å². The Kier molecular flexibility index (Phi) is 6.08. The molecule has 7 nitrogen and oxygen atoms in total. The van der Waals surface area contributed by atoms with Gasteiger partial charge in [-0.25, -0.2) is 4.98 Å². The summed E-state index contributed by atoms with van der Waals surface area (Å²) >= 11 is 1.38. The molecule has 0 aliphatic rings. The summed E-state index contributed by atoms with van der Waals surface area (Å²) in [5.41, 5.74) is 2.01. The average Bonchev–Trinajstić information content (AvgIpc) is 3.08. The second-order valence-corrected chi connectivity index (χ2v) is 7.52. The molecule has 1 heterocycles. The number of nitro benzene ring substituents is 1. The quantitative estimate of drug-likeness (QED) is 0.267. The number of non-ortho nitro benzene ring substituents is 1. The lowest BCUT2D eigenvalue weighted by atomic mass is 10.3. The van der Waals surface area contributed by atoms with Gasteiger partial charge in [-0.2, -0.15) is 0 Å². The minimum atomic E-state index is -0.438. The van der Waals surface area contributed by atoms with Crippen molar-refractivity contribution in [1.82, 2.24) is 15.3 Å². The molecule has 1 aromatic heterocycles. The standard InChI is InChI=1S/C19H20N4O3S/c1-13(27-15-10-8-14(9-11-15)23(25)26)19(24)20-12-4-7-18-21-16-5-2-3-6-17(16)22-18/h2-3,5-6,8-11,13H,4,7,12H2,1H3,(H,20,24)(H,21,22). The smallest absolute Gasteiger partial charge is 0.269 e. The van der Waals surface area contributed by atoms with E-state index in [0.29, 0.717) is 6.54 Å². The Bertz CT molecular complexity index is 907. The van der Waals surface area contributed by atoms with Crippen LogP contribution < -0.4 is 5.32 Å². The predicted octanol–water partition coefficient (Wildman–Crippen LogP) is 3.70. The Morgan fingerprint density at radius 1 is 1.26 bits per heavy atom. The van der Waals surface area contributed by atoms with Crippen molar-refractivity contribution in [2.24, 2.45) is 0 Å². The summed E-state index contributed by atoms with van der Waals surface area (Å²) < 4.78 is 0. The lowest BCUT2D eigenvalue weighted by Gasteiger charge is -2.11. The van der Waals surface area contributed by atoms with E-state index in [2.05, 4.69) is 15.3 Å². The van der Waals surface area contributed by atoms with Gasteiger partial charge in [-0.3, -0.25) is 14.9 Å². The molecule has 1 amide bonds. The van der Waals surface area contributed by atoms with Crippen molar-refractivity contribution < 1.29 is 9.72 Å². The van der Waals surface area contributed by atoms with Crippen LogP contribution in [0.1, 0.15) is 19.2 Å². The summed E-state index contributed by atoms with van der Waals surface area (Å²) in [5, 5.41) is 13.3. The number of hydrogen-bond acceptors (Lipinski definition) is 5. The van der Waals surface area contributed by atoms with Gasteiger partial charge in [-0.15, -0.1) is 11.8 Å². The number of amides is 1. The molecule has 0 saturated carbocycles. The monoisotopic (exact) mass is 384 g/mol. The van der Waals surface area contributed by atoms with Crippen LogP contribution in [0.4, 0.5) is 5.69 Å². The van der Waals surface area contributed by atoms with Crippen LogP contribution in [0.15, 0.2) is 53.4 Å². The zero-order chi connectivity index (χ0) is 19.2. The Morgan fingerprint density at radius 2 is 2.00 bits per heavy atom. The minimum Gasteiger partial charge on any atom is -0.355 e. The summed E-state index contributed by atoms with van der Waals surface area (Å²) in [5.74, 6) is 0.863. The van der Waals surface area contributed by atoms with Gasteiger partial charge in [0.2, 0.25) is 5.91 Å². The number of aryl methyl sites for hydroxylation is 1. The molecule has 140 valence electrons. The molecule has 0 bridgehead atoms. The largest absolute Gasteiger partial charge is 0.355 e. The molecule has 3 rings (SSSR count). The number of hydrogen-bond donors (Lipinski definition) is 2. The number of carbonyl (C=O) groups excluding carboxylic acids is 1. The fraction of sp³-hybridized carbons (Fsp3) is 0.263. The van der Waals surface area contributed by atoms with Crippen LogP contribution >= 0.6 is 11.8 Å². The molecule has 0 aliphatic heterocycles. The first-order valence-corrected chi connectivity index (χ1v) is 9.53. The number of H-pyrrole nitrogens is 1. The molecule has 0 saturated heterocycles. The molecule has 0 aliphatic carbocycles. The van der Waals surface area contributed by atoms with E-state index in [-0.39, 0.29) is 16.8 Å². The van der Waals surface area contributed by atoms with E-state index >= 15 is 0 Å². The Morgan fingerprint density at radius 3 is 2.70 bits per heavy atom. The molecule has 0 fully saturated rings. The van der Waals surface area contributed by atoms with Gasteiger partial charge in [0.15, 0.2) is 0 Å². The Labute approximate surface area is 160 Å². The van der Waals surface area contributed by atoms with Crippen LogP contribution in [0.2, 0.25) is 0 Å². The number of imidazole rings is 1. The van der Waals surface area contributed by atoms with Crippen molar-refractivity contribution in [2.75, 3.05) is 6.54 Å². The van der Waals surface area contributed by atoms with Crippen molar-refractivity contribution >= 4 is 34.4 Å². The zero-order valence-corrected chi connectivity index (χ0v) is 15.7. The highest BCUT2D eigenvalue weighted by Gasteiger charge is 2.14. The van der Waals surface area contributed by atoms with Crippen molar-refractivity contribution in [3.63, 3.8) is 0 Å². The topological polar surface area (TPSA) is 101 Å². The van der Waals surface area contributed by atoms with Crippen molar-refractivity contribution in [3.05, 3.63) is 64.5 Å². The predicted molar refractivity (Wildman–Crippen MR) is 106 cm³/mol. The van der Waals surface area contributed by atoms with Crippen LogP contribution in [-0.2, 0) is 11.2 Å². The number of carbonyl (C=O) groups is 1. The van der Waals surface area contributed by atoms with Gasteiger partial charge in [-0.1, -0.05) is 12.1 Å². The highest BCUT2D eigenvalue weighted by molar-refractivity contribution is 8.00. The first-order chi connectivity index (χ1) is 13.0. The van der Waals surface area contributed by atoms with Crippen molar-refractivity contribution in [1.29, 1.82) is 0 Å². The van der Waals surface area contributed by atoms with E-state index in [1.807, 2.05) is 31.2 Å². The maximum atomic E-state index is 12.2. The summed E-state index contributed by atoms with van der Waals surface area (Å²) in [4.78, 5) is 31.1. The maximum Gasteiger partial charge on any atom is 0.269 e. The van der Waals surface area contributed by atoms with Crippen LogP contribution in [-0.4, -0.2) is 32.6 Å². The number of benzene rings is 2. The third-order valence-electron chi connectivity index (χ3n) is 4.06. The molecule has 1 unspecified atom stereocenters. The normalized spacial score (nSPS) is 12.0. The number of nitro groups is 1. The molecule has 2 aromatic carbocycles. The Balaban J connectivity index is 1.42. The number of aromatic nitrogens is 2. The van der Waals surface area contributed by atoms with E-state index in [1.54, 1.807) is 12.1 Å². The summed E-state index contributed by atoms with van der Waals surface area (Å²) in [6, 6.07) is 14.1. The fourth-order valence-electron chi connectivity index (χ4n) is 2.64. The second-order valence-electron chi connectivity index (χ2n) is 6.11. The molecule has 2 N–H and O–H groups in total. The van der Waals surface area contributed by atoms with Gasteiger partial charge in [-0.05, 0) is 37.6 Å². The van der Waals surface area contributed by atoms with Gasteiger partial charge >= 0.3 is 0 Å². The van der Waals surface area contributed by atoms with Gasteiger partial charge in [0.1, 0.15) is 5.82 Å². The van der Waals surface area contributed by atoms with Gasteiger partial charge in [0.05, 0.1) is 21.2 Å². The first kappa shape index (κ1) is 18.9. The number of aromatic amines is 1. The van der Waals surface area contributed by atoms with Gasteiger partial charge in [0.25, 0.3) is 5.69 Å². The van der Waals surface area contributed by atoms with E-state index < -0.39 is 4.92 Å². The minimum absolute atomic E-state index is 0.0436. The number of rotatable bonds is 8. The van der Waals surface area contributed by atoms with E-state index in [9.17, 15) is 14.9 Å². The molecule has 0 spiro atoms. The van der Waals surface area contributed by atoms with Crippen LogP contribution in [0.3, 0.4) is 0 Å². The molecule has 0 radical (unpaired) electrons. The number of fused-ring (bicyclic) bond motifs is 1. The van der Waals surface area contributed by atoms with Crippen LogP contribution in [0.25, 0.3) is 11.0 Å². The lowest BCUT2D eigenvalue weighted by molar-refractivity contribution is -0.384. The summed E-state index contributed by atoms with van der Waals surface area (Å²) in [6.45, 7) is 2.39. The van der Waals surface area contributed by atoms with E-state index in [1.165, 1.54) is 23.9 Å². The van der Waals surface area contributed by atoms with Gasteiger partial charge < -0.3 is 10.3 Å². The van der Waals surface area contributed by atoms with E-state index in [0.717, 1.165) is 34.6 Å². The first-order valence-electron chi connectivity index (χ1n) is 8.65.